The van der Waals surface area contributed by atoms with Gasteiger partial charge in [0.2, 0.25) is 0 Å². The van der Waals surface area contributed by atoms with E-state index in [9.17, 15) is 20.4 Å². The van der Waals surface area contributed by atoms with Crippen LogP contribution in [0.1, 0.15) is 71.6 Å². The fourth-order valence-corrected chi connectivity index (χ4v) is 60.1. The summed E-state index contributed by atoms with van der Waals surface area (Å²) in [6.45, 7) is 67.7. The quantitative estimate of drug-likeness (QED) is 0.0208. The van der Waals surface area contributed by atoms with Crippen molar-refractivity contribution in [2.24, 2.45) is 0 Å². The van der Waals surface area contributed by atoms with Gasteiger partial charge < -0.3 is 92.7 Å². The van der Waals surface area contributed by atoms with E-state index in [1.807, 2.05) is 6.92 Å². The molecular weight excluding hydrogens is 1370 g/mol. The zero-order valence-corrected chi connectivity index (χ0v) is 76.2. The predicted molar refractivity (Wildman–Crippen MR) is 408 cm³/mol. The van der Waals surface area contributed by atoms with E-state index in [2.05, 4.69) is 190 Å². The summed E-state index contributed by atoms with van der Waals surface area (Å²) in [5, 5.41) is 72.0. The molecule has 0 bridgehead atoms. The zero-order chi connectivity index (χ0) is 72.2. The van der Waals surface area contributed by atoms with Crippen LogP contribution in [0, 0.1) is 0 Å². The first-order chi connectivity index (χ1) is 40.8. The van der Waals surface area contributed by atoms with Gasteiger partial charge in [0.25, 0.3) is 0 Å². The first kappa shape index (κ1) is 99.2. The Bertz CT molecular complexity index is 1710. The Morgan fingerprint density at radius 1 is 0.275 bits per heavy atom. The minimum absolute atomic E-state index is 0.0171. The van der Waals surface area contributed by atoms with Gasteiger partial charge in [0, 0.05) is 25.4 Å². The molecule has 0 aliphatic rings. The summed E-state index contributed by atoms with van der Waals surface area (Å²) < 4.78 is 73.5. The number of rotatable bonds is 49. The Balaban J connectivity index is -0.000000555. The fraction of sp³-hybridized carbons (Fsp3) is 1.00. The molecule has 91 heavy (non-hydrogen) atoms. The molecule has 0 fully saturated rings. The van der Waals surface area contributed by atoms with E-state index in [1.165, 1.54) is 0 Å². The molecule has 0 saturated heterocycles. The molecule has 20 nitrogen and oxygen atoms in total. The van der Waals surface area contributed by atoms with Crippen LogP contribution in [0.5, 0.6) is 0 Å². The second kappa shape index (κ2) is 47.1. The van der Waals surface area contributed by atoms with Gasteiger partial charge in [-0.3, -0.25) is 0 Å². The zero-order valence-electron chi connectivity index (χ0n) is 64.2. The molecule has 0 saturated carbocycles. The van der Waals surface area contributed by atoms with Crippen LogP contribution >= 0.6 is 0 Å². The Kier molecular flexibility index (Phi) is 51.3. The monoisotopic (exact) mass is 1510 g/mol. The summed E-state index contributed by atoms with van der Waals surface area (Å²) in [5.74, 6) is 0. The summed E-state index contributed by atoms with van der Waals surface area (Å²) in [6.07, 6.45) is 6.09. The minimum Gasteiger partial charge on any atom is -0.437 e. The molecule has 8 N–H and O–H groups in total. The first-order valence-electron chi connectivity index (χ1n) is 33.9. The maximum Gasteiger partial charge on any atom is 0.317 e. The van der Waals surface area contributed by atoms with Crippen LogP contribution in [0.25, 0.3) is 0 Å². The second-order valence-corrected chi connectivity index (χ2v) is 84.7. The average Bonchev–Trinajstić information content (AvgIpc) is 0.876. The maximum absolute atomic E-state index is 9.34. The van der Waals surface area contributed by atoms with Gasteiger partial charge in [-0.25, -0.2) is 0 Å². The molecule has 0 amide bonds. The summed E-state index contributed by atoms with van der Waals surface area (Å²) in [5.41, 5.74) is 0.317. The van der Waals surface area contributed by atoms with Crippen molar-refractivity contribution < 1.29 is 92.7 Å². The van der Waals surface area contributed by atoms with Crippen LogP contribution in [0.4, 0.5) is 0 Å². The van der Waals surface area contributed by atoms with Crippen molar-refractivity contribution in [3.05, 3.63) is 0 Å². The standard InChI is InChI=1S/C16H40O5Si3.C15H38O5Si3.2C14H36O5Si3/c1-22(2,3)20-24(7,21-23(4,5)6)13-11-9-8-10-12-19-15-16(18)14-17;1-21(2,3)19-23(7,20-22(4,5)6)12-10-8-9-11-18-14-15(17)13-16;1-13(17-12-14(16)11-15)9-10-22(8,18-20(2,3)4)19-21(5,6)7;1-13(9-10-17-12-14(16)11-15)22(8,18-20(2,3)4)19-21(5,6)7/h16-18H,8-15H2,1-7H3;15-17H,8-14H2,1-7H3;2*13-16H,9-12H2,1-8H3. The Morgan fingerprint density at radius 2 is 0.516 bits per heavy atom. The lowest BCUT2D eigenvalue weighted by Gasteiger charge is -2.42. The number of unbranched alkanes of at least 4 members (excludes halogenated alkanes) is 5. The van der Waals surface area contributed by atoms with Crippen molar-refractivity contribution in [3.8, 4) is 0 Å². The van der Waals surface area contributed by atoms with Crippen LogP contribution in [0.2, 0.25) is 207 Å². The maximum atomic E-state index is 9.34. The van der Waals surface area contributed by atoms with Crippen molar-refractivity contribution in [2.45, 2.75) is 309 Å². The highest BCUT2D eigenvalue weighted by atomic mass is 28.5. The third kappa shape index (κ3) is 67.4. The summed E-state index contributed by atoms with van der Waals surface area (Å²) >= 11 is 0. The fourth-order valence-electron chi connectivity index (χ4n) is 9.74. The lowest BCUT2D eigenvalue weighted by atomic mass is 10.2. The van der Waals surface area contributed by atoms with Crippen LogP contribution in [-0.2, 0) is 51.9 Å². The molecule has 0 aromatic heterocycles. The second-order valence-electron chi connectivity index (χ2n) is 33.1. The molecule has 0 heterocycles. The van der Waals surface area contributed by atoms with Crippen molar-refractivity contribution in [1.82, 2.24) is 0 Å². The number of aliphatic hydroxyl groups is 8. The topological polar surface area (TPSA) is 273 Å². The van der Waals surface area contributed by atoms with E-state index in [4.69, 9.17) is 72.3 Å². The third-order valence-corrected chi connectivity index (χ3v) is 51.2. The molecule has 6 atom stereocenters. The number of aliphatic hydroxyl groups excluding tert-OH is 8. The van der Waals surface area contributed by atoms with Crippen LogP contribution in [-0.4, -0.2) is 245 Å². The molecule has 0 aliphatic carbocycles. The van der Waals surface area contributed by atoms with Crippen molar-refractivity contribution >= 4 is 101 Å². The van der Waals surface area contributed by atoms with Crippen molar-refractivity contribution in [1.29, 1.82) is 0 Å². The third-order valence-electron chi connectivity index (χ3n) is 12.2. The highest BCUT2D eigenvalue weighted by Gasteiger charge is 2.46. The molecule has 0 spiro atoms. The molecule has 0 radical (unpaired) electrons. The highest BCUT2D eigenvalue weighted by Crippen LogP contribution is 2.34. The SMILES string of the molecule is CC(CCOCC(O)CO)[Si](C)(O[Si](C)(C)C)O[Si](C)(C)C.CC(CC[Si](C)(O[Si](C)(C)C)O[Si](C)(C)C)OCC(O)CO.C[Si](C)(C)O[Si](C)(CCCCCCOCC(O)CO)O[Si](C)(C)C.C[Si](C)(C)O[Si](C)(CCCCCOCC(O)CO)O[Si](C)(C)C. The molecule has 0 aromatic carbocycles. The number of hydrogen-bond acceptors (Lipinski definition) is 20. The van der Waals surface area contributed by atoms with Gasteiger partial charge in [-0.1, -0.05) is 39.0 Å². The van der Waals surface area contributed by atoms with E-state index in [0.717, 1.165) is 75.9 Å². The van der Waals surface area contributed by atoms with E-state index >= 15 is 0 Å². The highest BCUT2D eigenvalue weighted by molar-refractivity contribution is 6.90. The van der Waals surface area contributed by atoms with Gasteiger partial charge in [-0.15, -0.1) is 0 Å². The summed E-state index contributed by atoms with van der Waals surface area (Å²) in [4.78, 5) is 0. The molecule has 6 unspecified atom stereocenters. The number of hydrogen-bond donors (Lipinski definition) is 8. The minimum atomic E-state index is -2.28. The van der Waals surface area contributed by atoms with E-state index < -0.39 is 125 Å². The molecule has 554 valence electrons. The average molecular weight is 1520 g/mol. The Labute approximate surface area is 571 Å². The molecule has 32 heteroatoms. The van der Waals surface area contributed by atoms with Crippen LogP contribution < -0.4 is 0 Å². The number of ether oxygens (including phenoxy) is 4. The predicted octanol–water partition coefficient (Wildman–Crippen LogP) is 12.8. The Hall–Kier alpha value is 1.80. The first-order valence-corrected chi connectivity index (χ1v) is 71.1. The van der Waals surface area contributed by atoms with Gasteiger partial charge in [0.15, 0.2) is 66.5 Å². The normalized spacial score (nSPS) is 15.8. The van der Waals surface area contributed by atoms with Gasteiger partial charge in [-0.2, -0.15) is 0 Å². The van der Waals surface area contributed by atoms with Crippen molar-refractivity contribution in [2.75, 3.05) is 72.7 Å². The van der Waals surface area contributed by atoms with Gasteiger partial charge >= 0.3 is 34.2 Å². The van der Waals surface area contributed by atoms with E-state index in [1.54, 1.807) is 0 Å². The van der Waals surface area contributed by atoms with Gasteiger partial charge in [0.1, 0.15) is 24.4 Å². The van der Waals surface area contributed by atoms with Gasteiger partial charge in [-0.05, 0) is 234 Å². The largest absolute Gasteiger partial charge is 0.437 e. The molecule has 0 rings (SSSR count). The summed E-state index contributed by atoms with van der Waals surface area (Å²) in [7, 11) is -21.8. The van der Waals surface area contributed by atoms with Crippen molar-refractivity contribution in [3.63, 3.8) is 0 Å². The summed E-state index contributed by atoms with van der Waals surface area (Å²) in [6, 6.07) is 2.98. The lowest BCUT2D eigenvalue weighted by molar-refractivity contribution is -0.0238. The van der Waals surface area contributed by atoms with Gasteiger partial charge in [0.05, 0.1) is 59.0 Å². The Morgan fingerprint density at radius 3 is 0.791 bits per heavy atom. The molecule has 0 aromatic rings. The molecule has 0 aliphatic heterocycles. The van der Waals surface area contributed by atoms with Crippen LogP contribution in [0.15, 0.2) is 0 Å². The van der Waals surface area contributed by atoms with E-state index in [0.29, 0.717) is 25.4 Å². The smallest absolute Gasteiger partial charge is 0.317 e. The van der Waals surface area contributed by atoms with E-state index in [-0.39, 0.29) is 59.0 Å². The van der Waals surface area contributed by atoms with Crippen LogP contribution in [0.3, 0.4) is 0 Å². The molecular formula is C59H150O20Si12. The lowest BCUT2D eigenvalue weighted by Crippen LogP contribution is -2.55.